The summed E-state index contributed by atoms with van der Waals surface area (Å²) in [6.07, 6.45) is 1.79. The van der Waals surface area contributed by atoms with E-state index in [1.807, 2.05) is 0 Å². The maximum Gasteiger partial charge on any atom is 0.248 e. The topological polar surface area (TPSA) is 64.8 Å². The number of rotatable bonds is 10. The number of carbonyl (C=O) groups is 1. The Morgan fingerprint density at radius 2 is 2.06 bits per heavy atom. The molecule has 0 saturated heterocycles. The highest BCUT2D eigenvalue weighted by molar-refractivity contribution is 5.77. The Balaban J connectivity index is 3.77. The maximum atomic E-state index is 11.7. The summed E-state index contributed by atoms with van der Waals surface area (Å²) < 4.78 is 10.0. The van der Waals surface area contributed by atoms with Crippen LogP contribution in [0.5, 0.6) is 0 Å². The highest BCUT2D eigenvalue weighted by Gasteiger charge is 2.11. The fourth-order valence-corrected chi connectivity index (χ4v) is 1.31. The number of ether oxygens (including phenoxy) is 2. The van der Waals surface area contributed by atoms with E-state index in [9.17, 15) is 4.79 Å². The number of hydrogen-bond donors (Lipinski definition) is 1. The van der Waals surface area contributed by atoms with Gasteiger partial charge in [-0.1, -0.05) is 6.92 Å². The minimum Gasteiger partial charge on any atom is -0.382 e. The van der Waals surface area contributed by atoms with E-state index in [4.69, 9.17) is 15.2 Å². The molecule has 0 unspecified atom stereocenters. The lowest BCUT2D eigenvalue weighted by Crippen LogP contribution is -2.36. The molecule has 5 heteroatoms. The highest BCUT2D eigenvalue weighted by Crippen LogP contribution is 1.96. The van der Waals surface area contributed by atoms with Crippen LogP contribution in [0.1, 0.15) is 19.8 Å². The largest absolute Gasteiger partial charge is 0.382 e. The normalized spacial score (nSPS) is 10.4. The molecular weight excluding hydrogens is 208 g/mol. The third-order valence-electron chi connectivity index (χ3n) is 2.14. The Labute approximate surface area is 97.9 Å². The average Bonchev–Trinajstić information content (AvgIpc) is 2.29. The molecule has 5 nitrogen and oxygen atoms in total. The average molecular weight is 232 g/mol. The molecule has 16 heavy (non-hydrogen) atoms. The first-order valence-electron chi connectivity index (χ1n) is 5.80. The standard InChI is InChI=1S/C11H24N2O3/c1-3-6-13(7-4-5-12)11(14)10-16-9-8-15-2/h3-10,12H2,1-2H3. The second kappa shape index (κ2) is 10.9. The third-order valence-corrected chi connectivity index (χ3v) is 2.14. The highest BCUT2D eigenvalue weighted by atomic mass is 16.5. The molecule has 0 heterocycles. The van der Waals surface area contributed by atoms with Crippen LogP contribution in [0, 0.1) is 0 Å². The first kappa shape index (κ1) is 15.3. The van der Waals surface area contributed by atoms with Gasteiger partial charge in [-0.3, -0.25) is 4.79 Å². The Kier molecular flexibility index (Phi) is 10.4. The van der Waals surface area contributed by atoms with Gasteiger partial charge in [-0.2, -0.15) is 0 Å². The van der Waals surface area contributed by atoms with Crippen LogP contribution in [-0.2, 0) is 14.3 Å². The van der Waals surface area contributed by atoms with Crippen LogP contribution in [0.3, 0.4) is 0 Å². The first-order chi connectivity index (χ1) is 7.76. The van der Waals surface area contributed by atoms with Crippen molar-refractivity contribution in [1.29, 1.82) is 0 Å². The van der Waals surface area contributed by atoms with Crippen molar-refractivity contribution in [3.8, 4) is 0 Å². The Morgan fingerprint density at radius 1 is 1.31 bits per heavy atom. The molecule has 2 N–H and O–H groups in total. The van der Waals surface area contributed by atoms with Crippen LogP contribution in [-0.4, -0.2) is 57.4 Å². The van der Waals surface area contributed by atoms with Crippen LogP contribution in [0.4, 0.5) is 0 Å². The molecule has 0 aromatic heterocycles. The quantitative estimate of drug-likeness (QED) is 0.548. The van der Waals surface area contributed by atoms with E-state index in [0.29, 0.717) is 19.8 Å². The summed E-state index contributed by atoms with van der Waals surface area (Å²) in [5, 5.41) is 0. The smallest absolute Gasteiger partial charge is 0.248 e. The molecule has 0 aliphatic heterocycles. The lowest BCUT2D eigenvalue weighted by atomic mass is 10.3. The monoisotopic (exact) mass is 232 g/mol. The van der Waals surface area contributed by atoms with E-state index in [1.165, 1.54) is 0 Å². The predicted molar refractivity (Wildman–Crippen MR) is 63.2 cm³/mol. The molecule has 0 rings (SSSR count). The van der Waals surface area contributed by atoms with Crippen LogP contribution in [0.15, 0.2) is 0 Å². The molecule has 0 fully saturated rings. The zero-order valence-electron chi connectivity index (χ0n) is 10.4. The van der Waals surface area contributed by atoms with E-state index in [1.54, 1.807) is 12.0 Å². The number of methoxy groups -OCH3 is 1. The second-order valence-electron chi connectivity index (χ2n) is 3.57. The summed E-state index contributed by atoms with van der Waals surface area (Å²) in [6.45, 7) is 5.26. The van der Waals surface area contributed by atoms with Crippen molar-refractivity contribution >= 4 is 5.91 Å². The molecule has 0 atom stereocenters. The first-order valence-corrected chi connectivity index (χ1v) is 5.80. The van der Waals surface area contributed by atoms with E-state index in [0.717, 1.165) is 25.9 Å². The number of amides is 1. The van der Waals surface area contributed by atoms with Crippen LogP contribution in [0.25, 0.3) is 0 Å². The molecule has 0 aromatic rings. The van der Waals surface area contributed by atoms with E-state index >= 15 is 0 Å². The Morgan fingerprint density at radius 3 is 2.62 bits per heavy atom. The Bertz CT molecular complexity index is 177. The maximum absolute atomic E-state index is 11.7. The van der Waals surface area contributed by atoms with Gasteiger partial charge in [-0.15, -0.1) is 0 Å². The lowest BCUT2D eigenvalue weighted by Gasteiger charge is -2.21. The predicted octanol–water partition coefficient (Wildman–Crippen LogP) is 0.237. The van der Waals surface area contributed by atoms with Crippen molar-refractivity contribution < 1.29 is 14.3 Å². The molecule has 1 amide bonds. The summed E-state index contributed by atoms with van der Waals surface area (Å²) >= 11 is 0. The third kappa shape index (κ3) is 7.62. The second-order valence-corrected chi connectivity index (χ2v) is 3.57. The van der Waals surface area contributed by atoms with E-state index in [-0.39, 0.29) is 12.5 Å². The van der Waals surface area contributed by atoms with Crippen molar-refractivity contribution in [3.05, 3.63) is 0 Å². The minimum absolute atomic E-state index is 0.0337. The summed E-state index contributed by atoms with van der Waals surface area (Å²) in [4.78, 5) is 13.5. The zero-order valence-corrected chi connectivity index (χ0v) is 10.4. The molecule has 0 aromatic carbocycles. The number of carbonyl (C=O) groups excluding carboxylic acids is 1. The molecule has 0 aliphatic carbocycles. The van der Waals surface area contributed by atoms with Gasteiger partial charge in [0.1, 0.15) is 6.61 Å². The SMILES string of the molecule is CCCN(CCCN)C(=O)COCCOC. The fourth-order valence-electron chi connectivity index (χ4n) is 1.31. The molecule has 0 aliphatic rings. The summed E-state index contributed by atoms with van der Waals surface area (Å²) in [6, 6.07) is 0. The summed E-state index contributed by atoms with van der Waals surface area (Å²) in [7, 11) is 1.61. The van der Waals surface area contributed by atoms with Gasteiger partial charge in [0, 0.05) is 20.2 Å². The molecule has 0 saturated carbocycles. The van der Waals surface area contributed by atoms with Gasteiger partial charge in [0.2, 0.25) is 5.91 Å². The van der Waals surface area contributed by atoms with Crippen molar-refractivity contribution in [3.63, 3.8) is 0 Å². The van der Waals surface area contributed by atoms with Crippen molar-refractivity contribution in [1.82, 2.24) is 4.90 Å². The number of nitrogens with zero attached hydrogens (tertiary/aromatic N) is 1. The lowest BCUT2D eigenvalue weighted by molar-refractivity contribution is -0.136. The van der Waals surface area contributed by atoms with Crippen LogP contribution < -0.4 is 5.73 Å². The van der Waals surface area contributed by atoms with Crippen molar-refractivity contribution in [2.24, 2.45) is 5.73 Å². The minimum atomic E-state index is 0.0337. The van der Waals surface area contributed by atoms with E-state index in [2.05, 4.69) is 6.92 Å². The van der Waals surface area contributed by atoms with Gasteiger partial charge < -0.3 is 20.1 Å². The molecular formula is C11H24N2O3. The number of nitrogens with two attached hydrogens (primary N) is 1. The molecule has 0 bridgehead atoms. The molecule has 0 spiro atoms. The molecule has 0 radical (unpaired) electrons. The van der Waals surface area contributed by atoms with Gasteiger partial charge in [0.25, 0.3) is 0 Å². The van der Waals surface area contributed by atoms with Crippen LogP contribution in [0.2, 0.25) is 0 Å². The van der Waals surface area contributed by atoms with Gasteiger partial charge in [-0.25, -0.2) is 0 Å². The van der Waals surface area contributed by atoms with E-state index < -0.39 is 0 Å². The Hall–Kier alpha value is -0.650. The van der Waals surface area contributed by atoms with Crippen molar-refractivity contribution in [2.45, 2.75) is 19.8 Å². The van der Waals surface area contributed by atoms with Gasteiger partial charge in [0.15, 0.2) is 0 Å². The fraction of sp³-hybridized carbons (Fsp3) is 0.909. The van der Waals surface area contributed by atoms with Crippen LogP contribution >= 0.6 is 0 Å². The number of hydrogen-bond acceptors (Lipinski definition) is 4. The summed E-state index contributed by atoms with van der Waals surface area (Å²) in [5.41, 5.74) is 5.43. The van der Waals surface area contributed by atoms with Gasteiger partial charge in [0.05, 0.1) is 13.2 Å². The van der Waals surface area contributed by atoms with Gasteiger partial charge >= 0.3 is 0 Å². The van der Waals surface area contributed by atoms with Crippen molar-refractivity contribution in [2.75, 3.05) is 46.6 Å². The summed E-state index contributed by atoms with van der Waals surface area (Å²) in [5.74, 6) is 0.0337. The van der Waals surface area contributed by atoms with Gasteiger partial charge in [-0.05, 0) is 19.4 Å². The zero-order chi connectivity index (χ0) is 12.2. The molecule has 96 valence electrons.